The first-order valence-corrected chi connectivity index (χ1v) is 8.54. The van der Waals surface area contributed by atoms with Gasteiger partial charge in [0, 0.05) is 44.1 Å². The first-order valence-electron chi connectivity index (χ1n) is 8.17. The summed E-state index contributed by atoms with van der Waals surface area (Å²) in [5.74, 6) is 1.49. The fourth-order valence-corrected chi connectivity index (χ4v) is 3.16. The van der Waals surface area contributed by atoms with E-state index in [0.29, 0.717) is 5.02 Å². The van der Waals surface area contributed by atoms with Gasteiger partial charge in [0.2, 0.25) is 5.95 Å². The van der Waals surface area contributed by atoms with Gasteiger partial charge in [-0.05, 0) is 12.1 Å². The molecule has 1 saturated heterocycles. The zero-order valence-corrected chi connectivity index (χ0v) is 14.3. The van der Waals surface area contributed by atoms with Crippen LogP contribution in [0.25, 0.3) is 11.3 Å². The van der Waals surface area contributed by atoms with E-state index in [1.54, 1.807) is 12.4 Å². The number of halogens is 1. The summed E-state index contributed by atoms with van der Waals surface area (Å²) in [4.78, 5) is 12.9. The number of hydrogen-bond donors (Lipinski definition) is 0. The van der Waals surface area contributed by atoms with Gasteiger partial charge < -0.3 is 9.80 Å². The quantitative estimate of drug-likeness (QED) is 0.722. The maximum absolute atomic E-state index is 6.48. The minimum absolute atomic E-state index is 0.623. The number of benzene rings is 1. The average molecular weight is 353 g/mol. The highest BCUT2D eigenvalue weighted by molar-refractivity contribution is 6.33. The van der Waals surface area contributed by atoms with E-state index in [4.69, 9.17) is 11.6 Å². The molecule has 0 saturated carbocycles. The molecule has 1 fully saturated rings. The Labute approximate surface area is 151 Å². The lowest BCUT2D eigenvalue weighted by Crippen LogP contribution is -2.47. The molecule has 7 heteroatoms. The van der Waals surface area contributed by atoms with Crippen LogP contribution in [0.4, 0.5) is 11.8 Å². The number of hydrogen-bond acceptors (Lipinski definition) is 6. The number of rotatable bonds is 3. The standard InChI is InChI=1S/C18H17ClN6/c19-15-13-16(14-5-2-1-3-6-14)22-23-17(15)24-9-11-25(12-10-24)18-20-7-4-8-21-18/h1-8,13H,9-12H2. The van der Waals surface area contributed by atoms with Gasteiger partial charge in [0.25, 0.3) is 0 Å². The second-order valence-electron chi connectivity index (χ2n) is 5.79. The monoisotopic (exact) mass is 352 g/mol. The van der Waals surface area contributed by atoms with E-state index in [9.17, 15) is 0 Å². The van der Waals surface area contributed by atoms with Crippen molar-refractivity contribution in [1.29, 1.82) is 0 Å². The van der Waals surface area contributed by atoms with E-state index < -0.39 is 0 Å². The van der Waals surface area contributed by atoms with E-state index in [1.165, 1.54) is 0 Å². The van der Waals surface area contributed by atoms with Crippen molar-refractivity contribution in [2.75, 3.05) is 36.0 Å². The number of aromatic nitrogens is 4. The van der Waals surface area contributed by atoms with E-state index in [1.807, 2.05) is 42.5 Å². The molecule has 1 aromatic carbocycles. The molecule has 0 atom stereocenters. The molecule has 3 aromatic rings. The van der Waals surface area contributed by atoms with Crippen LogP contribution in [0.3, 0.4) is 0 Å². The van der Waals surface area contributed by atoms with Crippen LogP contribution in [0.2, 0.25) is 5.02 Å². The number of piperazine rings is 1. The molecule has 126 valence electrons. The Hall–Kier alpha value is -2.73. The van der Waals surface area contributed by atoms with Crippen molar-refractivity contribution in [3.63, 3.8) is 0 Å². The normalized spacial score (nSPS) is 14.6. The Bertz CT molecular complexity index is 835. The van der Waals surface area contributed by atoms with Gasteiger partial charge in [0.05, 0.1) is 10.7 Å². The van der Waals surface area contributed by atoms with Gasteiger partial charge in [-0.25, -0.2) is 9.97 Å². The third-order valence-corrected chi connectivity index (χ3v) is 4.49. The van der Waals surface area contributed by atoms with Crippen molar-refractivity contribution in [3.05, 3.63) is 59.9 Å². The molecule has 0 aliphatic carbocycles. The smallest absolute Gasteiger partial charge is 0.225 e. The maximum Gasteiger partial charge on any atom is 0.225 e. The Morgan fingerprint density at radius 2 is 1.48 bits per heavy atom. The Kier molecular flexibility index (Phi) is 4.43. The third kappa shape index (κ3) is 3.39. The van der Waals surface area contributed by atoms with Gasteiger partial charge in [-0.15, -0.1) is 10.2 Å². The van der Waals surface area contributed by atoms with Crippen LogP contribution in [0.1, 0.15) is 0 Å². The highest BCUT2D eigenvalue weighted by Gasteiger charge is 2.22. The van der Waals surface area contributed by atoms with Crippen molar-refractivity contribution in [1.82, 2.24) is 20.2 Å². The molecule has 0 radical (unpaired) electrons. The van der Waals surface area contributed by atoms with E-state index in [0.717, 1.165) is 49.2 Å². The van der Waals surface area contributed by atoms with E-state index >= 15 is 0 Å². The Morgan fingerprint density at radius 1 is 0.800 bits per heavy atom. The van der Waals surface area contributed by atoms with Crippen molar-refractivity contribution in [2.45, 2.75) is 0 Å². The molecule has 2 aromatic heterocycles. The van der Waals surface area contributed by atoms with Gasteiger partial charge in [-0.1, -0.05) is 41.9 Å². The maximum atomic E-state index is 6.48. The molecule has 3 heterocycles. The molecule has 0 amide bonds. The molecule has 1 aliphatic rings. The summed E-state index contributed by atoms with van der Waals surface area (Å²) in [5, 5.41) is 9.34. The Balaban J connectivity index is 1.48. The second kappa shape index (κ2) is 7.03. The van der Waals surface area contributed by atoms with Gasteiger partial charge >= 0.3 is 0 Å². The van der Waals surface area contributed by atoms with Crippen molar-refractivity contribution in [3.8, 4) is 11.3 Å². The molecule has 6 nitrogen and oxygen atoms in total. The summed E-state index contributed by atoms with van der Waals surface area (Å²) in [6.07, 6.45) is 3.53. The summed E-state index contributed by atoms with van der Waals surface area (Å²) in [7, 11) is 0. The SMILES string of the molecule is Clc1cc(-c2ccccc2)nnc1N1CCN(c2ncccn2)CC1. The first kappa shape index (κ1) is 15.8. The fraction of sp³-hybridized carbons (Fsp3) is 0.222. The van der Waals surface area contributed by atoms with Crippen molar-refractivity contribution in [2.24, 2.45) is 0 Å². The van der Waals surface area contributed by atoms with Crippen molar-refractivity contribution >= 4 is 23.4 Å². The van der Waals surface area contributed by atoms with Gasteiger partial charge in [-0.3, -0.25) is 0 Å². The van der Waals surface area contributed by atoms with Crippen molar-refractivity contribution < 1.29 is 0 Å². The van der Waals surface area contributed by atoms with Crippen LogP contribution in [0.15, 0.2) is 54.9 Å². The molecule has 25 heavy (non-hydrogen) atoms. The predicted molar refractivity (Wildman–Crippen MR) is 98.9 cm³/mol. The summed E-state index contributed by atoms with van der Waals surface area (Å²) in [6, 6.07) is 13.6. The summed E-state index contributed by atoms with van der Waals surface area (Å²) in [5.41, 5.74) is 1.79. The zero-order valence-electron chi connectivity index (χ0n) is 13.6. The number of anilines is 2. The van der Waals surface area contributed by atoms with Crippen LogP contribution in [-0.4, -0.2) is 46.3 Å². The summed E-state index contributed by atoms with van der Waals surface area (Å²) >= 11 is 6.48. The van der Waals surface area contributed by atoms with Crippen LogP contribution < -0.4 is 9.80 Å². The minimum atomic E-state index is 0.623. The Morgan fingerprint density at radius 3 is 2.16 bits per heavy atom. The minimum Gasteiger partial charge on any atom is -0.350 e. The highest BCUT2D eigenvalue weighted by Crippen LogP contribution is 2.28. The zero-order chi connectivity index (χ0) is 17.1. The van der Waals surface area contributed by atoms with Gasteiger partial charge in [0.15, 0.2) is 5.82 Å². The van der Waals surface area contributed by atoms with Crippen LogP contribution in [-0.2, 0) is 0 Å². The molecule has 0 N–H and O–H groups in total. The molecular weight excluding hydrogens is 336 g/mol. The molecular formula is C18H17ClN6. The topological polar surface area (TPSA) is 58.0 Å². The van der Waals surface area contributed by atoms with E-state index in [-0.39, 0.29) is 0 Å². The van der Waals surface area contributed by atoms with Gasteiger partial charge in [0.1, 0.15) is 0 Å². The lowest BCUT2D eigenvalue weighted by molar-refractivity contribution is 0.631. The first-order chi connectivity index (χ1) is 12.3. The molecule has 0 unspecified atom stereocenters. The molecule has 0 bridgehead atoms. The molecule has 4 rings (SSSR count). The molecule has 0 spiro atoms. The predicted octanol–water partition coefficient (Wildman–Crippen LogP) is 2.91. The van der Waals surface area contributed by atoms with Crippen LogP contribution >= 0.6 is 11.6 Å². The lowest BCUT2D eigenvalue weighted by Gasteiger charge is -2.35. The highest BCUT2D eigenvalue weighted by atomic mass is 35.5. The number of nitrogens with zero attached hydrogens (tertiary/aromatic N) is 6. The van der Waals surface area contributed by atoms with E-state index in [2.05, 4.69) is 30.0 Å². The van der Waals surface area contributed by atoms with Crippen LogP contribution in [0, 0.1) is 0 Å². The molecule has 1 aliphatic heterocycles. The summed E-state index contributed by atoms with van der Waals surface area (Å²) in [6.45, 7) is 3.25. The van der Waals surface area contributed by atoms with Gasteiger partial charge in [-0.2, -0.15) is 0 Å². The second-order valence-corrected chi connectivity index (χ2v) is 6.20. The lowest BCUT2D eigenvalue weighted by atomic mass is 10.1. The third-order valence-electron chi connectivity index (χ3n) is 4.21. The largest absolute Gasteiger partial charge is 0.350 e. The van der Waals surface area contributed by atoms with Crippen LogP contribution in [0.5, 0.6) is 0 Å². The fourth-order valence-electron chi connectivity index (χ4n) is 2.90. The summed E-state index contributed by atoms with van der Waals surface area (Å²) < 4.78 is 0. The average Bonchev–Trinajstić information content (AvgIpc) is 2.69.